The van der Waals surface area contributed by atoms with E-state index in [2.05, 4.69) is 11.6 Å². The maximum Gasteiger partial charge on any atom is 0.132 e. The fourth-order valence-electron chi connectivity index (χ4n) is 2.18. The van der Waals surface area contributed by atoms with Crippen LogP contribution in [0.2, 0.25) is 0 Å². The zero-order valence-corrected chi connectivity index (χ0v) is 12.8. The Bertz CT molecular complexity index is 741. The second-order valence-electron chi connectivity index (χ2n) is 5.09. The van der Waals surface area contributed by atoms with Crippen LogP contribution in [0, 0.1) is 12.7 Å². The lowest BCUT2D eigenvalue weighted by Gasteiger charge is -2.11. The highest BCUT2D eigenvalue weighted by Gasteiger charge is 2.11. The van der Waals surface area contributed by atoms with Crippen LogP contribution in [-0.4, -0.2) is 6.21 Å². The van der Waals surface area contributed by atoms with Gasteiger partial charge in [0.05, 0.1) is 5.70 Å². The summed E-state index contributed by atoms with van der Waals surface area (Å²) < 4.78 is 14.3. The molecule has 0 radical (unpaired) electrons. The molecule has 2 nitrogen and oxygen atoms in total. The lowest BCUT2D eigenvalue weighted by Crippen LogP contribution is -1.94. The van der Waals surface area contributed by atoms with Crippen LogP contribution in [0.15, 0.2) is 60.1 Å². The van der Waals surface area contributed by atoms with E-state index in [1.165, 1.54) is 6.07 Å². The van der Waals surface area contributed by atoms with Crippen LogP contribution in [0.5, 0.6) is 0 Å². The lowest BCUT2D eigenvalue weighted by atomic mass is 9.99. The van der Waals surface area contributed by atoms with Crippen LogP contribution >= 0.6 is 0 Å². The third kappa shape index (κ3) is 3.50. The molecular weight excluding hydrogens is 275 g/mol. The summed E-state index contributed by atoms with van der Waals surface area (Å²) in [6, 6.07) is 12.6. The molecule has 0 bridgehead atoms. The molecule has 0 amide bonds. The molecule has 0 unspecified atom stereocenters. The summed E-state index contributed by atoms with van der Waals surface area (Å²) in [5, 5.41) is 0. The minimum Gasteiger partial charge on any atom is -0.399 e. The van der Waals surface area contributed by atoms with Crippen LogP contribution in [0.3, 0.4) is 0 Å². The molecule has 0 atom stereocenters. The van der Waals surface area contributed by atoms with E-state index in [1.54, 1.807) is 18.4 Å². The van der Waals surface area contributed by atoms with Gasteiger partial charge in [-0.05, 0) is 54.8 Å². The number of allylic oxidation sites excluding steroid dienone is 2. The molecular formula is C19H19FN2. The highest BCUT2D eigenvalue weighted by Crippen LogP contribution is 2.29. The molecule has 2 aromatic rings. The van der Waals surface area contributed by atoms with E-state index >= 15 is 0 Å². The predicted octanol–water partition coefficient (Wildman–Crippen LogP) is 4.86. The Hall–Kier alpha value is -2.68. The van der Waals surface area contributed by atoms with Gasteiger partial charge in [-0.2, -0.15) is 0 Å². The molecule has 22 heavy (non-hydrogen) atoms. The van der Waals surface area contributed by atoms with Crippen molar-refractivity contribution in [2.45, 2.75) is 13.8 Å². The Balaban J connectivity index is 2.62. The van der Waals surface area contributed by atoms with Crippen LogP contribution in [0.25, 0.3) is 11.3 Å². The van der Waals surface area contributed by atoms with Gasteiger partial charge in [-0.15, -0.1) is 0 Å². The third-order valence-corrected chi connectivity index (χ3v) is 3.39. The van der Waals surface area contributed by atoms with Gasteiger partial charge in [0.2, 0.25) is 0 Å². The largest absolute Gasteiger partial charge is 0.399 e. The molecule has 0 aliphatic heterocycles. The Kier molecular flexibility index (Phi) is 4.89. The van der Waals surface area contributed by atoms with E-state index < -0.39 is 0 Å². The maximum atomic E-state index is 14.3. The van der Waals surface area contributed by atoms with Crippen LogP contribution < -0.4 is 5.73 Å². The number of benzene rings is 2. The number of anilines is 1. The molecule has 0 saturated carbocycles. The van der Waals surface area contributed by atoms with Gasteiger partial charge >= 0.3 is 0 Å². The molecule has 2 aromatic carbocycles. The fourth-order valence-corrected chi connectivity index (χ4v) is 2.18. The highest BCUT2D eigenvalue weighted by atomic mass is 19.1. The van der Waals surface area contributed by atoms with Crippen molar-refractivity contribution in [3.63, 3.8) is 0 Å². The molecule has 2 rings (SSSR count). The normalized spacial score (nSPS) is 12.3. The Morgan fingerprint density at radius 2 is 1.86 bits per heavy atom. The Labute approximate surface area is 130 Å². The van der Waals surface area contributed by atoms with Gasteiger partial charge in [0.1, 0.15) is 5.82 Å². The molecule has 0 aliphatic rings. The van der Waals surface area contributed by atoms with E-state index in [1.807, 2.05) is 44.2 Å². The minimum atomic E-state index is -0.286. The van der Waals surface area contributed by atoms with Crippen molar-refractivity contribution in [1.29, 1.82) is 0 Å². The van der Waals surface area contributed by atoms with Gasteiger partial charge in [0, 0.05) is 17.5 Å². The SMILES string of the molecule is C=CC=N/C(=C(\C)c1ccc(N)cc1)c1ccc(C)cc1F. The maximum absolute atomic E-state index is 14.3. The molecule has 2 N–H and O–H groups in total. The first-order valence-electron chi connectivity index (χ1n) is 7.01. The summed E-state index contributed by atoms with van der Waals surface area (Å²) in [5.74, 6) is -0.286. The zero-order valence-electron chi connectivity index (χ0n) is 12.8. The van der Waals surface area contributed by atoms with Gasteiger partial charge in [-0.1, -0.05) is 30.9 Å². The van der Waals surface area contributed by atoms with Crippen molar-refractivity contribution in [1.82, 2.24) is 0 Å². The summed E-state index contributed by atoms with van der Waals surface area (Å²) in [4.78, 5) is 4.37. The number of aliphatic imine (C=N–C) groups is 1. The van der Waals surface area contributed by atoms with Crippen LogP contribution in [0.1, 0.15) is 23.6 Å². The van der Waals surface area contributed by atoms with Crippen molar-refractivity contribution in [3.05, 3.63) is 77.6 Å². The minimum absolute atomic E-state index is 0.286. The number of aryl methyl sites for hydroxylation is 1. The molecule has 0 saturated heterocycles. The molecule has 0 fully saturated rings. The number of hydrogen-bond donors (Lipinski definition) is 1. The number of hydrogen-bond acceptors (Lipinski definition) is 2. The quantitative estimate of drug-likeness (QED) is 0.488. The average molecular weight is 294 g/mol. The first-order valence-corrected chi connectivity index (χ1v) is 7.01. The molecule has 0 aromatic heterocycles. The van der Waals surface area contributed by atoms with Crippen LogP contribution in [0.4, 0.5) is 10.1 Å². The van der Waals surface area contributed by atoms with Crippen LogP contribution in [-0.2, 0) is 0 Å². The third-order valence-electron chi connectivity index (χ3n) is 3.39. The smallest absolute Gasteiger partial charge is 0.132 e. The van der Waals surface area contributed by atoms with Crippen molar-refractivity contribution in [2.75, 3.05) is 5.73 Å². The Morgan fingerprint density at radius 1 is 1.18 bits per heavy atom. The molecule has 0 aliphatic carbocycles. The fraction of sp³-hybridized carbons (Fsp3) is 0.105. The van der Waals surface area contributed by atoms with Crippen molar-refractivity contribution < 1.29 is 4.39 Å². The van der Waals surface area contributed by atoms with Crippen molar-refractivity contribution in [2.24, 2.45) is 4.99 Å². The lowest BCUT2D eigenvalue weighted by molar-refractivity contribution is 0.622. The van der Waals surface area contributed by atoms with E-state index in [-0.39, 0.29) is 5.82 Å². The van der Waals surface area contributed by atoms with E-state index in [0.717, 1.165) is 16.7 Å². The summed E-state index contributed by atoms with van der Waals surface area (Å²) in [7, 11) is 0. The number of nitrogens with two attached hydrogens (primary N) is 1. The highest BCUT2D eigenvalue weighted by molar-refractivity contribution is 5.93. The predicted molar refractivity (Wildman–Crippen MR) is 93.2 cm³/mol. The van der Waals surface area contributed by atoms with Crippen molar-refractivity contribution in [3.8, 4) is 0 Å². The zero-order chi connectivity index (χ0) is 16.1. The topological polar surface area (TPSA) is 38.4 Å². The summed E-state index contributed by atoms with van der Waals surface area (Å²) in [6.45, 7) is 7.40. The number of nitrogen functional groups attached to an aromatic ring is 1. The number of nitrogens with zero attached hydrogens (tertiary/aromatic N) is 1. The average Bonchev–Trinajstić information content (AvgIpc) is 2.49. The monoisotopic (exact) mass is 294 g/mol. The number of halogens is 1. The van der Waals surface area contributed by atoms with E-state index in [4.69, 9.17) is 5.73 Å². The second-order valence-corrected chi connectivity index (χ2v) is 5.09. The first kappa shape index (κ1) is 15.7. The number of rotatable bonds is 4. The summed E-state index contributed by atoms with van der Waals surface area (Å²) >= 11 is 0. The van der Waals surface area contributed by atoms with Crippen molar-refractivity contribution >= 4 is 23.2 Å². The molecule has 0 spiro atoms. The molecule has 112 valence electrons. The van der Waals surface area contributed by atoms with E-state index in [0.29, 0.717) is 16.9 Å². The van der Waals surface area contributed by atoms with Gasteiger partial charge < -0.3 is 5.73 Å². The molecule has 3 heteroatoms. The summed E-state index contributed by atoms with van der Waals surface area (Å²) in [5.41, 5.74) is 10.2. The first-order chi connectivity index (χ1) is 10.5. The van der Waals surface area contributed by atoms with E-state index in [9.17, 15) is 4.39 Å². The standard InChI is InChI=1S/C19H19FN2/c1-4-11-22-19(17-10-5-13(2)12-18(17)20)14(3)15-6-8-16(21)9-7-15/h4-12H,1,21H2,2-3H3/b19-14+,22-11?. The second kappa shape index (κ2) is 6.85. The van der Waals surface area contributed by atoms with Gasteiger partial charge in [-0.25, -0.2) is 4.39 Å². The van der Waals surface area contributed by atoms with Gasteiger partial charge in [0.15, 0.2) is 0 Å². The Morgan fingerprint density at radius 3 is 2.45 bits per heavy atom. The van der Waals surface area contributed by atoms with Gasteiger partial charge in [0.25, 0.3) is 0 Å². The summed E-state index contributed by atoms with van der Waals surface area (Å²) in [6.07, 6.45) is 3.14. The van der Waals surface area contributed by atoms with Gasteiger partial charge in [-0.3, -0.25) is 4.99 Å². The molecule has 0 heterocycles.